The first-order valence-electron chi connectivity index (χ1n) is 7.27. The van der Waals surface area contributed by atoms with Crippen molar-refractivity contribution >= 4 is 11.6 Å². The monoisotopic (exact) mass is 265 g/mol. The molecule has 0 amide bonds. The summed E-state index contributed by atoms with van der Waals surface area (Å²) in [6.07, 6.45) is 8.89. The van der Waals surface area contributed by atoms with Crippen LogP contribution in [0, 0.1) is 0 Å². The summed E-state index contributed by atoms with van der Waals surface area (Å²) in [5.41, 5.74) is 4.59. The van der Waals surface area contributed by atoms with Crippen LogP contribution in [0.25, 0.3) is 0 Å². The second-order valence-electron chi connectivity index (χ2n) is 5.24. The van der Waals surface area contributed by atoms with E-state index in [2.05, 4.69) is 23.5 Å². The van der Waals surface area contributed by atoms with Gasteiger partial charge in [-0.1, -0.05) is 31.0 Å². The molecule has 1 aliphatic carbocycles. The van der Waals surface area contributed by atoms with E-state index in [0.29, 0.717) is 0 Å². The quantitative estimate of drug-likeness (QED) is 0.552. The van der Waals surface area contributed by atoms with Gasteiger partial charge in [0.25, 0.3) is 0 Å². The Morgan fingerprint density at radius 1 is 1.00 bits per heavy atom. The second-order valence-corrected chi connectivity index (χ2v) is 5.61. The van der Waals surface area contributed by atoms with Gasteiger partial charge >= 0.3 is 0 Å². The fourth-order valence-corrected chi connectivity index (χ4v) is 2.85. The van der Waals surface area contributed by atoms with Crippen molar-refractivity contribution in [3.8, 4) is 0 Å². The summed E-state index contributed by atoms with van der Waals surface area (Å²) in [7, 11) is 0. The van der Waals surface area contributed by atoms with Crippen molar-refractivity contribution in [1.82, 2.24) is 5.32 Å². The van der Waals surface area contributed by atoms with Crippen LogP contribution in [0.15, 0.2) is 18.2 Å². The highest BCUT2D eigenvalue weighted by Crippen LogP contribution is 2.22. The van der Waals surface area contributed by atoms with Crippen molar-refractivity contribution in [2.24, 2.45) is 0 Å². The first kappa shape index (κ1) is 13.9. The summed E-state index contributed by atoms with van der Waals surface area (Å²) in [6, 6.07) is 6.99. The van der Waals surface area contributed by atoms with Gasteiger partial charge in [0.2, 0.25) is 0 Å². The molecule has 0 saturated carbocycles. The van der Waals surface area contributed by atoms with Crippen molar-refractivity contribution in [1.29, 1.82) is 0 Å². The van der Waals surface area contributed by atoms with E-state index in [1.54, 1.807) is 11.1 Å². The van der Waals surface area contributed by atoms with Crippen LogP contribution in [0.2, 0.25) is 0 Å². The van der Waals surface area contributed by atoms with Gasteiger partial charge in [0.1, 0.15) is 0 Å². The van der Waals surface area contributed by atoms with Crippen LogP contribution < -0.4 is 5.32 Å². The van der Waals surface area contributed by atoms with Crippen molar-refractivity contribution < 1.29 is 0 Å². The molecule has 2 heteroatoms. The Kier molecular flexibility index (Phi) is 6.02. The highest BCUT2D eigenvalue weighted by molar-refractivity contribution is 6.17. The zero-order chi connectivity index (χ0) is 12.6. The SMILES string of the molecule is ClCCCCCCNCc1ccc2c(c1)CCC2. The maximum absolute atomic E-state index is 5.65. The minimum Gasteiger partial charge on any atom is -0.313 e. The maximum atomic E-state index is 5.65. The van der Waals surface area contributed by atoms with Crippen molar-refractivity contribution in [2.45, 2.75) is 51.5 Å². The maximum Gasteiger partial charge on any atom is 0.0223 e. The smallest absolute Gasteiger partial charge is 0.0223 e. The first-order chi connectivity index (χ1) is 8.90. The zero-order valence-corrected chi connectivity index (χ0v) is 11.9. The molecule has 0 atom stereocenters. The molecule has 0 aromatic heterocycles. The van der Waals surface area contributed by atoms with Crippen LogP contribution in [-0.4, -0.2) is 12.4 Å². The standard InChI is InChI=1S/C16H24ClN/c17-10-3-1-2-4-11-18-13-14-8-9-15-6-5-7-16(15)12-14/h8-9,12,18H,1-7,10-11,13H2. The summed E-state index contributed by atoms with van der Waals surface area (Å²) >= 11 is 5.65. The summed E-state index contributed by atoms with van der Waals surface area (Å²) in [5, 5.41) is 3.54. The van der Waals surface area contributed by atoms with E-state index < -0.39 is 0 Å². The predicted molar refractivity (Wildman–Crippen MR) is 79.4 cm³/mol. The number of aryl methyl sites for hydroxylation is 2. The molecule has 1 aliphatic rings. The Morgan fingerprint density at radius 3 is 2.72 bits per heavy atom. The molecule has 0 heterocycles. The van der Waals surface area contributed by atoms with Crippen LogP contribution in [0.5, 0.6) is 0 Å². The van der Waals surface area contributed by atoms with Crippen LogP contribution >= 0.6 is 11.6 Å². The van der Waals surface area contributed by atoms with Gasteiger partial charge in [-0.25, -0.2) is 0 Å². The number of benzene rings is 1. The summed E-state index contributed by atoms with van der Waals surface area (Å²) in [5.74, 6) is 0.808. The number of unbranched alkanes of at least 4 members (excludes halogenated alkanes) is 3. The average molecular weight is 266 g/mol. The van der Waals surface area contributed by atoms with Gasteiger partial charge in [-0.3, -0.25) is 0 Å². The molecule has 0 unspecified atom stereocenters. The van der Waals surface area contributed by atoms with E-state index in [9.17, 15) is 0 Å². The molecule has 18 heavy (non-hydrogen) atoms. The van der Waals surface area contributed by atoms with Crippen LogP contribution in [0.4, 0.5) is 0 Å². The van der Waals surface area contributed by atoms with E-state index in [1.165, 1.54) is 44.1 Å². The lowest BCUT2D eigenvalue weighted by Crippen LogP contribution is -2.14. The number of halogens is 1. The lowest BCUT2D eigenvalue weighted by Gasteiger charge is -2.07. The zero-order valence-electron chi connectivity index (χ0n) is 11.2. The van der Waals surface area contributed by atoms with Crippen LogP contribution in [0.1, 0.15) is 48.8 Å². The largest absolute Gasteiger partial charge is 0.313 e. The Balaban J connectivity index is 1.62. The first-order valence-corrected chi connectivity index (χ1v) is 7.81. The molecular formula is C16H24ClN. The number of hydrogen-bond donors (Lipinski definition) is 1. The predicted octanol–water partition coefficient (Wildman–Crippen LogP) is 4.06. The van der Waals surface area contributed by atoms with Crippen molar-refractivity contribution in [3.63, 3.8) is 0 Å². The normalized spacial score (nSPS) is 13.8. The van der Waals surface area contributed by atoms with Gasteiger partial charge in [0.15, 0.2) is 0 Å². The summed E-state index contributed by atoms with van der Waals surface area (Å²) in [4.78, 5) is 0. The highest BCUT2D eigenvalue weighted by atomic mass is 35.5. The van der Waals surface area contributed by atoms with Gasteiger partial charge in [-0.05, 0) is 55.3 Å². The van der Waals surface area contributed by atoms with Crippen LogP contribution in [0.3, 0.4) is 0 Å². The van der Waals surface area contributed by atoms with Gasteiger partial charge in [0, 0.05) is 12.4 Å². The number of rotatable bonds is 8. The number of fused-ring (bicyclic) bond motifs is 1. The van der Waals surface area contributed by atoms with E-state index in [4.69, 9.17) is 11.6 Å². The molecule has 0 spiro atoms. The van der Waals surface area contributed by atoms with Gasteiger partial charge in [-0.15, -0.1) is 11.6 Å². The molecular weight excluding hydrogens is 242 g/mol. The van der Waals surface area contributed by atoms with Crippen molar-refractivity contribution in [3.05, 3.63) is 34.9 Å². The Labute approximate surface area is 116 Å². The molecule has 0 bridgehead atoms. The molecule has 2 rings (SSSR count). The molecule has 1 aromatic carbocycles. The molecule has 0 saturated heterocycles. The molecule has 100 valence electrons. The fourth-order valence-electron chi connectivity index (χ4n) is 2.67. The summed E-state index contributed by atoms with van der Waals surface area (Å²) in [6.45, 7) is 2.14. The lowest BCUT2D eigenvalue weighted by atomic mass is 10.1. The lowest BCUT2D eigenvalue weighted by molar-refractivity contribution is 0.599. The number of nitrogens with one attached hydrogen (secondary N) is 1. The molecule has 1 nitrogen and oxygen atoms in total. The van der Waals surface area contributed by atoms with Crippen LogP contribution in [-0.2, 0) is 19.4 Å². The van der Waals surface area contributed by atoms with Gasteiger partial charge in [-0.2, -0.15) is 0 Å². The Hall–Kier alpha value is -0.530. The third kappa shape index (κ3) is 4.29. The van der Waals surface area contributed by atoms with E-state index in [0.717, 1.165) is 25.4 Å². The van der Waals surface area contributed by atoms with Crippen molar-refractivity contribution in [2.75, 3.05) is 12.4 Å². The average Bonchev–Trinajstić information content (AvgIpc) is 2.85. The molecule has 0 fully saturated rings. The fraction of sp³-hybridized carbons (Fsp3) is 0.625. The summed E-state index contributed by atoms with van der Waals surface area (Å²) < 4.78 is 0. The van der Waals surface area contributed by atoms with E-state index in [1.807, 2.05) is 0 Å². The Morgan fingerprint density at radius 2 is 1.83 bits per heavy atom. The molecule has 0 aliphatic heterocycles. The minimum atomic E-state index is 0.808. The number of alkyl halides is 1. The molecule has 1 N–H and O–H groups in total. The third-order valence-corrected chi connectivity index (χ3v) is 4.00. The second kappa shape index (κ2) is 7.81. The van der Waals surface area contributed by atoms with E-state index in [-0.39, 0.29) is 0 Å². The van der Waals surface area contributed by atoms with E-state index >= 15 is 0 Å². The third-order valence-electron chi connectivity index (χ3n) is 3.73. The molecule has 1 aromatic rings. The number of hydrogen-bond acceptors (Lipinski definition) is 1. The topological polar surface area (TPSA) is 12.0 Å². The Bertz CT molecular complexity index is 362. The van der Waals surface area contributed by atoms with Gasteiger partial charge in [0.05, 0.1) is 0 Å². The highest BCUT2D eigenvalue weighted by Gasteiger charge is 2.10. The van der Waals surface area contributed by atoms with Gasteiger partial charge < -0.3 is 5.32 Å². The minimum absolute atomic E-state index is 0.808. The molecule has 0 radical (unpaired) electrons.